The third-order valence-electron chi connectivity index (χ3n) is 3.83. The number of carbonyl (C=O) groups excluding carboxylic acids is 1. The molecule has 0 aliphatic rings. The van der Waals surface area contributed by atoms with Crippen LogP contribution in [-0.2, 0) is 13.7 Å². The van der Waals surface area contributed by atoms with Gasteiger partial charge in [0.25, 0.3) is 0 Å². The fourth-order valence-electron chi connectivity index (χ4n) is 2.29. The summed E-state index contributed by atoms with van der Waals surface area (Å²) in [7, 11) is 1.90. The third kappa shape index (κ3) is 4.32. The largest absolute Gasteiger partial charge is 0.506 e. The van der Waals surface area contributed by atoms with Crippen LogP contribution in [0.25, 0.3) is 6.08 Å². The number of allylic oxidation sites excluding steroid dienone is 1. The fourth-order valence-corrected chi connectivity index (χ4v) is 2.48. The van der Waals surface area contributed by atoms with Crippen molar-refractivity contribution in [3.63, 3.8) is 0 Å². The molecule has 0 fully saturated rings. The lowest BCUT2D eigenvalue weighted by molar-refractivity contribution is 0.104. The minimum absolute atomic E-state index is 0.0104. The molecule has 0 aliphatic carbocycles. The maximum Gasteiger partial charge on any atom is 0.185 e. The Bertz CT molecular complexity index is 946. The Morgan fingerprint density at radius 2 is 2.04 bits per heavy atom. The number of hydrogen-bond acceptors (Lipinski definition) is 4. The highest BCUT2D eigenvalue weighted by molar-refractivity contribution is 6.32. The first-order valence-electron chi connectivity index (χ1n) is 7.93. The zero-order chi connectivity index (χ0) is 18.5. The van der Waals surface area contributed by atoms with Crippen molar-refractivity contribution in [3.8, 4) is 11.5 Å². The van der Waals surface area contributed by atoms with Crippen LogP contribution >= 0.6 is 11.6 Å². The average Bonchev–Trinajstić information content (AvgIpc) is 3.06. The van der Waals surface area contributed by atoms with E-state index in [4.69, 9.17) is 16.3 Å². The molecular formula is C20H17ClN2O3. The lowest BCUT2D eigenvalue weighted by Crippen LogP contribution is -2.03. The molecule has 0 aliphatic heterocycles. The van der Waals surface area contributed by atoms with Crippen LogP contribution in [-0.4, -0.2) is 20.4 Å². The second-order valence-corrected chi connectivity index (χ2v) is 6.08. The van der Waals surface area contributed by atoms with E-state index in [2.05, 4.69) is 4.98 Å². The molecule has 0 amide bonds. The van der Waals surface area contributed by atoms with E-state index in [1.165, 1.54) is 12.1 Å². The number of carbonyl (C=O) groups is 1. The van der Waals surface area contributed by atoms with Gasteiger partial charge in [-0.05, 0) is 48.0 Å². The van der Waals surface area contributed by atoms with Gasteiger partial charge in [-0.1, -0.05) is 23.7 Å². The molecule has 0 spiro atoms. The summed E-state index contributed by atoms with van der Waals surface area (Å²) in [6, 6.07) is 11.7. The van der Waals surface area contributed by atoms with Gasteiger partial charge in [0.1, 0.15) is 23.9 Å². The number of aromatic hydroxyl groups is 1. The number of halogens is 1. The summed E-state index contributed by atoms with van der Waals surface area (Å²) in [5, 5.41) is 9.65. The van der Waals surface area contributed by atoms with Crippen LogP contribution in [0.1, 0.15) is 21.7 Å². The van der Waals surface area contributed by atoms with Crippen molar-refractivity contribution in [2.45, 2.75) is 6.61 Å². The predicted molar refractivity (Wildman–Crippen MR) is 100 cm³/mol. The van der Waals surface area contributed by atoms with Crippen LogP contribution in [0.3, 0.4) is 0 Å². The van der Waals surface area contributed by atoms with Gasteiger partial charge >= 0.3 is 0 Å². The topological polar surface area (TPSA) is 64.4 Å². The van der Waals surface area contributed by atoms with E-state index < -0.39 is 0 Å². The molecule has 0 radical (unpaired) electrons. The highest BCUT2D eigenvalue weighted by Gasteiger charge is 2.05. The highest BCUT2D eigenvalue weighted by atomic mass is 35.5. The van der Waals surface area contributed by atoms with E-state index in [-0.39, 0.29) is 16.6 Å². The summed E-state index contributed by atoms with van der Waals surface area (Å²) in [4.78, 5) is 16.4. The quantitative estimate of drug-likeness (QED) is 0.521. The Morgan fingerprint density at radius 3 is 2.69 bits per heavy atom. The Labute approximate surface area is 156 Å². The van der Waals surface area contributed by atoms with Gasteiger partial charge < -0.3 is 14.4 Å². The number of imidazole rings is 1. The number of aromatic nitrogens is 2. The molecule has 0 saturated carbocycles. The summed E-state index contributed by atoms with van der Waals surface area (Å²) >= 11 is 5.85. The number of nitrogens with zero attached hydrogens (tertiary/aromatic N) is 2. The maximum absolute atomic E-state index is 12.2. The molecular weight excluding hydrogens is 352 g/mol. The van der Waals surface area contributed by atoms with Crippen LogP contribution in [0, 0.1) is 0 Å². The van der Waals surface area contributed by atoms with E-state index in [9.17, 15) is 9.90 Å². The first-order chi connectivity index (χ1) is 12.5. The second kappa shape index (κ2) is 7.89. The molecule has 26 heavy (non-hydrogen) atoms. The molecule has 3 aromatic rings. The van der Waals surface area contributed by atoms with E-state index in [1.54, 1.807) is 48.7 Å². The summed E-state index contributed by atoms with van der Waals surface area (Å²) < 4.78 is 7.56. The van der Waals surface area contributed by atoms with Crippen molar-refractivity contribution < 1.29 is 14.6 Å². The number of ether oxygens (including phenoxy) is 1. The summed E-state index contributed by atoms with van der Waals surface area (Å²) in [5.74, 6) is 1.36. The zero-order valence-corrected chi connectivity index (χ0v) is 14.8. The lowest BCUT2D eigenvalue weighted by Gasteiger charge is -2.06. The van der Waals surface area contributed by atoms with Gasteiger partial charge in [0.2, 0.25) is 0 Å². The number of phenolic OH excluding ortho intramolecular Hbond substituents is 1. The van der Waals surface area contributed by atoms with Crippen LogP contribution in [0.5, 0.6) is 11.5 Å². The minimum atomic E-state index is -0.134. The summed E-state index contributed by atoms with van der Waals surface area (Å²) in [5.41, 5.74) is 1.28. The molecule has 0 unspecified atom stereocenters. The van der Waals surface area contributed by atoms with Gasteiger partial charge in [0, 0.05) is 25.0 Å². The first-order valence-corrected chi connectivity index (χ1v) is 8.31. The van der Waals surface area contributed by atoms with E-state index in [1.807, 2.05) is 17.8 Å². The van der Waals surface area contributed by atoms with Gasteiger partial charge in [-0.25, -0.2) is 4.98 Å². The molecule has 5 nitrogen and oxygen atoms in total. The molecule has 132 valence electrons. The number of rotatable bonds is 6. The second-order valence-electron chi connectivity index (χ2n) is 5.68. The van der Waals surface area contributed by atoms with Crippen molar-refractivity contribution in [1.29, 1.82) is 0 Å². The zero-order valence-electron chi connectivity index (χ0n) is 14.1. The molecule has 1 aromatic heterocycles. The molecule has 0 bridgehead atoms. The Balaban J connectivity index is 1.62. The maximum atomic E-state index is 12.2. The van der Waals surface area contributed by atoms with Crippen molar-refractivity contribution in [2.75, 3.05) is 0 Å². The van der Waals surface area contributed by atoms with Gasteiger partial charge in [-0.3, -0.25) is 4.79 Å². The van der Waals surface area contributed by atoms with E-state index in [0.29, 0.717) is 17.9 Å². The number of phenols is 1. The summed E-state index contributed by atoms with van der Waals surface area (Å²) in [6.07, 6.45) is 6.69. The van der Waals surface area contributed by atoms with Crippen molar-refractivity contribution >= 4 is 23.5 Å². The average molecular weight is 369 g/mol. The van der Waals surface area contributed by atoms with Gasteiger partial charge in [-0.15, -0.1) is 0 Å². The number of benzene rings is 2. The monoisotopic (exact) mass is 368 g/mol. The van der Waals surface area contributed by atoms with E-state index >= 15 is 0 Å². The summed E-state index contributed by atoms with van der Waals surface area (Å²) in [6.45, 7) is 0.359. The van der Waals surface area contributed by atoms with Gasteiger partial charge in [-0.2, -0.15) is 0 Å². The smallest absolute Gasteiger partial charge is 0.185 e. The van der Waals surface area contributed by atoms with Crippen LogP contribution in [0.15, 0.2) is 60.9 Å². The standard InChI is InChI=1S/C20H17ClN2O3/c1-23-11-10-22-20(23)13-26-16-6-4-15(5-7-16)18(24)8-2-14-3-9-19(25)17(21)12-14/h2-12,25H,13H2,1H3/b8-2+. The molecule has 1 N–H and O–H groups in total. The Morgan fingerprint density at radius 1 is 1.27 bits per heavy atom. The molecule has 2 aromatic carbocycles. The van der Waals surface area contributed by atoms with Crippen molar-refractivity contribution in [1.82, 2.24) is 9.55 Å². The number of hydrogen-bond donors (Lipinski definition) is 1. The van der Waals surface area contributed by atoms with Gasteiger partial charge in [0.05, 0.1) is 5.02 Å². The van der Waals surface area contributed by atoms with Crippen molar-refractivity contribution in [3.05, 3.63) is 82.9 Å². The normalized spacial score (nSPS) is 11.0. The number of aryl methyl sites for hydroxylation is 1. The Hall–Kier alpha value is -3.05. The third-order valence-corrected chi connectivity index (χ3v) is 4.13. The molecule has 6 heteroatoms. The molecule has 0 atom stereocenters. The van der Waals surface area contributed by atoms with Gasteiger partial charge in [0.15, 0.2) is 5.78 Å². The fraction of sp³-hybridized carbons (Fsp3) is 0.100. The van der Waals surface area contributed by atoms with Crippen molar-refractivity contribution in [2.24, 2.45) is 7.05 Å². The van der Waals surface area contributed by atoms with Crippen LogP contribution in [0.2, 0.25) is 5.02 Å². The Kier molecular flexibility index (Phi) is 5.39. The number of ketones is 1. The lowest BCUT2D eigenvalue weighted by atomic mass is 10.1. The SMILES string of the molecule is Cn1ccnc1COc1ccc(C(=O)/C=C/c2ccc(O)c(Cl)c2)cc1. The molecule has 1 heterocycles. The highest BCUT2D eigenvalue weighted by Crippen LogP contribution is 2.24. The molecule has 0 saturated heterocycles. The molecule has 3 rings (SSSR count). The first kappa shape index (κ1) is 17.8. The predicted octanol–water partition coefficient (Wildman–Crippen LogP) is 4.25. The minimum Gasteiger partial charge on any atom is -0.506 e. The van der Waals surface area contributed by atoms with Crippen LogP contribution in [0.4, 0.5) is 0 Å². The van der Waals surface area contributed by atoms with E-state index in [0.717, 1.165) is 11.4 Å². The van der Waals surface area contributed by atoms with Crippen LogP contribution < -0.4 is 4.74 Å².